The van der Waals surface area contributed by atoms with Gasteiger partial charge in [0, 0.05) is 41.7 Å². The minimum atomic E-state index is -4.61. The van der Waals surface area contributed by atoms with Crippen molar-refractivity contribution in [3.8, 4) is 0 Å². The van der Waals surface area contributed by atoms with Crippen molar-refractivity contribution in [3.05, 3.63) is 0 Å². The van der Waals surface area contributed by atoms with Crippen LogP contribution in [0.1, 0.15) is 0 Å². The van der Waals surface area contributed by atoms with Gasteiger partial charge in [-0.05, 0) is 0 Å². The molecule has 0 aliphatic carbocycles. The van der Waals surface area contributed by atoms with Crippen LogP contribution in [0.4, 0.5) is 0 Å². The van der Waals surface area contributed by atoms with Gasteiger partial charge in [-0.3, -0.25) is 0 Å². The molecular formula is H8CeO8Si2. The van der Waals surface area contributed by atoms with Crippen LogP contribution in [0, 0.1) is 41.7 Å². The molecule has 0 aromatic heterocycles. The molecule has 0 heterocycles. The smallest absolute Gasteiger partial charge is 0.368 e. The van der Waals surface area contributed by atoms with Gasteiger partial charge < -0.3 is 38.4 Å². The fraction of sp³-hybridized carbons (Fsp3) is 0. The minimum Gasteiger partial charge on any atom is -0.368 e. The first-order valence-electron chi connectivity index (χ1n) is 1.79. The summed E-state index contributed by atoms with van der Waals surface area (Å²) in [5, 5.41) is 0. The fourth-order valence-electron chi connectivity index (χ4n) is 0. The summed E-state index contributed by atoms with van der Waals surface area (Å²) in [6.45, 7) is 0. The van der Waals surface area contributed by atoms with Gasteiger partial charge in [-0.2, -0.15) is 0 Å². The first-order valence-corrected chi connectivity index (χ1v) is 5.37. The maximum Gasteiger partial charge on any atom is 0.668 e. The van der Waals surface area contributed by atoms with Gasteiger partial charge in [0.05, 0.1) is 0 Å². The largest absolute Gasteiger partial charge is 0.668 e. The second-order valence-electron chi connectivity index (χ2n) is 1.20. The maximum absolute atomic E-state index is 7.33. The summed E-state index contributed by atoms with van der Waals surface area (Å²) in [5.74, 6) is 0. The zero-order chi connectivity index (χ0) is 9.00. The summed E-state index contributed by atoms with van der Waals surface area (Å²) in [6, 6.07) is 0. The van der Waals surface area contributed by atoms with E-state index in [1.807, 2.05) is 0 Å². The van der Waals surface area contributed by atoms with Crippen LogP contribution in [0.2, 0.25) is 0 Å². The summed E-state index contributed by atoms with van der Waals surface area (Å²) >= 11 is 0. The van der Waals surface area contributed by atoms with Crippen molar-refractivity contribution in [1.29, 1.82) is 0 Å². The van der Waals surface area contributed by atoms with E-state index in [0.717, 1.165) is 0 Å². The van der Waals surface area contributed by atoms with E-state index in [4.69, 9.17) is 38.4 Å². The molecule has 0 unspecified atom stereocenters. The third-order valence-corrected chi connectivity index (χ3v) is 0. The van der Waals surface area contributed by atoms with Gasteiger partial charge in [0.15, 0.2) is 0 Å². The molecule has 0 rings (SSSR count). The van der Waals surface area contributed by atoms with Crippen molar-refractivity contribution in [3.63, 3.8) is 0 Å². The molecule has 0 aromatic rings. The fourth-order valence-corrected chi connectivity index (χ4v) is 0. The normalized spacial score (nSPS) is 10.9. The molecule has 0 saturated carbocycles. The van der Waals surface area contributed by atoms with Crippen molar-refractivity contribution in [2.24, 2.45) is 0 Å². The van der Waals surface area contributed by atoms with E-state index < -0.39 is 18.1 Å². The van der Waals surface area contributed by atoms with E-state index in [-0.39, 0.29) is 41.7 Å². The Balaban J connectivity index is -0.000000107. The first-order chi connectivity index (χ1) is 4.00. The van der Waals surface area contributed by atoms with Gasteiger partial charge >= 0.3 is 18.1 Å². The third kappa shape index (κ3) is 466. The maximum atomic E-state index is 7.33. The monoisotopic (exact) mass is 332 g/mol. The molecule has 0 atom stereocenters. The van der Waals surface area contributed by atoms with E-state index in [1.54, 1.807) is 0 Å². The quantitative estimate of drug-likeness (QED) is 0.204. The Kier molecular flexibility index (Phi) is 11.6. The van der Waals surface area contributed by atoms with Gasteiger partial charge in [-0.1, -0.05) is 0 Å². The van der Waals surface area contributed by atoms with E-state index in [0.29, 0.717) is 0 Å². The molecule has 8 nitrogen and oxygen atoms in total. The molecule has 0 aliphatic heterocycles. The predicted molar refractivity (Wildman–Crippen MR) is 29.3 cm³/mol. The molecule has 0 spiro atoms. The Morgan fingerprint density at radius 2 is 0.455 bits per heavy atom. The third-order valence-electron chi connectivity index (χ3n) is 0. The Labute approximate surface area is 97.4 Å². The molecule has 0 fully saturated rings. The van der Waals surface area contributed by atoms with Crippen LogP contribution in [-0.2, 0) is 0 Å². The molecule has 11 heavy (non-hydrogen) atoms. The molecule has 0 bridgehead atoms. The first kappa shape index (κ1) is 18.3. The summed E-state index contributed by atoms with van der Waals surface area (Å²) in [4.78, 5) is 58.6. The topological polar surface area (TPSA) is 162 Å². The van der Waals surface area contributed by atoms with Crippen molar-refractivity contribution in [2.75, 3.05) is 0 Å². The number of hydrogen-bond acceptors (Lipinski definition) is 8. The molecule has 0 saturated heterocycles. The second kappa shape index (κ2) is 6.95. The predicted octanol–water partition coefficient (Wildman–Crippen LogP) is -5.22. The molecule has 0 amide bonds. The SMILES string of the molecule is O[Si](O)(O)O.O[Si](O)(O)O.[Ce]. The number of rotatable bonds is 0. The Hall–Kier alpha value is 1.49. The minimum absolute atomic E-state index is 0. The Bertz CT molecular complexity index is 55.1. The molecule has 11 heteroatoms. The van der Waals surface area contributed by atoms with Crippen LogP contribution in [0.15, 0.2) is 0 Å². The molecule has 8 N–H and O–H groups in total. The van der Waals surface area contributed by atoms with Crippen molar-refractivity contribution in [2.45, 2.75) is 0 Å². The molecule has 0 aromatic carbocycles. The molecular weight excluding hydrogens is 324 g/mol. The summed E-state index contributed by atoms with van der Waals surface area (Å²) in [6.07, 6.45) is 0. The average Bonchev–Trinajstić information content (AvgIpc) is 1.12. The zero-order valence-electron chi connectivity index (χ0n) is 5.08. The van der Waals surface area contributed by atoms with Gasteiger partial charge in [-0.25, -0.2) is 0 Å². The van der Waals surface area contributed by atoms with E-state index >= 15 is 0 Å². The van der Waals surface area contributed by atoms with E-state index in [2.05, 4.69) is 0 Å². The molecule has 68 valence electrons. The summed E-state index contributed by atoms with van der Waals surface area (Å²) in [7, 11) is -9.22. The van der Waals surface area contributed by atoms with Crippen LogP contribution in [0.25, 0.3) is 0 Å². The summed E-state index contributed by atoms with van der Waals surface area (Å²) < 4.78 is 0. The van der Waals surface area contributed by atoms with Crippen LogP contribution < -0.4 is 0 Å². The van der Waals surface area contributed by atoms with Gasteiger partial charge in [-0.15, -0.1) is 0 Å². The van der Waals surface area contributed by atoms with Crippen LogP contribution >= 0.6 is 0 Å². The zero-order valence-corrected chi connectivity index (χ0v) is 10.2. The van der Waals surface area contributed by atoms with Gasteiger partial charge in [0.25, 0.3) is 0 Å². The van der Waals surface area contributed by atoms with Crippen molar-refractivity contribution in [1.82, 2.24) is 0 Å². The van der Waals surface area contributed by atoms with Gasteiger partial charge in [0.2, 0.25) is 0 Å². The van der Waals surface area contributed by atoms with Crippen LogP contribution in [0.3, 0.4) is 0 Å². The van der Waals surface area contributed by atoms with Crippen molar-refractivity contribution < 1.29 is 80.1 Å². The van der Waals surface area contributed by atoms with Gasteiger partial charge in [0.1, 0.15) is 0 Å². The average molecular weight is 332 g/mol. The Morgan fingerprint density at radius 3 is 0.455 bits per heavy atom. The molecule has 0 aliphatic rings. The van der Waals surface area contributed by atoms with E-state index in [1.165, 1.54) is 0 Å². The standard InChI is InChI=1S/Ce.2H4O4Si/c;2*1-5(2,3)4/h;2*1-4H. The van der Waals surface area contributed by atoms with Crippen molar-refractivity contribution >= 4 is 18.1 Å². The van der Waals surface area contributed by atoms with Crippen LogP contribution in [0.5, 0.6) is 0 Å². The van der Waals surface area contributed by atoms with E-state index in [9.17, 15) is 0 Å². The molecule has 0 radical (unpaired) electrons. The Morgan fingerprint density at radius 1 is 0.455 bits per heavy atom. The number of hydrogen-bond donors (Lipinski definition) is 8. The second-order valence-corrected chi connectivity index (χ2v) is 3.60. The van der Waals surface area contributed by atoms with Crippen LogP contribution in [-0.4, -0.2) is 56.5 Å². The summed E-state index contributed by atoms with van der Waals surface area (Å²) in [5.41, 5.74) is 0.